The van der Waals surface area contributed by atoms with Gasteiger partial charge < -0.3 is 14.5 Å². The molecule has 29 heavy (non-hydrogen) atoms. The highest BCUT2D eigenvalue weighted by atomic mass is 16.7. The molecule has 0 aromatic rings. The predicted molar refractivity (Wildman–Crippen MR) is 101 cm³/mol. The van der Waals surface area contributed by atoms with Crippen molar-refractivity contribution in [3.05, 3.63) is 0 Å². The van der Waals surface area contributed by atoms with Crippen LogP contribution in [0.3, 0.4) is 0 Å². The molecule has 2 N–H and O–H groups in total. The third-order valence-corrected chi connectivity index (χ3v) is 5.35. The van der Waals surface area contributed by atoms with Crippen LogP contribution in [0.15, 0.2) is 0 Å². The van der Waals surface area contributed by atoms with Crippen LogP contribution >= 0.6 is 0 Å². The fourth-order valence-corrected chi connectivity index (χ4v) is 3.77. The molecule has 2 atom stereocenters. The molecule has 3 rings (SSSR count). The minimum Gasteiger partial charge on any atom is -0.444 e. The maximum atomic E-state index is 12.3. The molecule has 0 unspecified atom stereocenters. The van der Waals surface area contributed by atoms with Gasteiger partial charge in [0.05, 0.1) is 12.6 Å². The van der Waals surface area contributed by atoms with E-state index >= 15 is 0 Å². The zero-order chi connectivity index (χ0) is 21.2. The molecule has 0 aromatic carbocycles. The zero-order valence-corrected chi connectivity index (χ0v) is 17.3. The standard InChI is InChI=1S/C18H31N5O6/c1-18(2,3)29-17(26)21-8-6-20(7-9-21)10-11-28-19-15(24)14-5-4-13-12-22(14)16(25)23(13)27/h13-14,27H,4-12H2,1-3H3,(H,19,24)/t13-,14+/m1/s1. The first-order valence-electron chi connectivity index (χ1n) is 10.1. The summed E-state index contributed by atoms with van der Waals surface area (Å²) >= 11 is 0. The van der Waals surface area contributed by atoms with Crippen LogP contribution in [0.2, 0.25) is 0 Å². The largest absolute Gasteiger partial charge is 0.444 e. The maximum absolute atomic E-state index is 12.3. The van der Waals surface area contributed by atoms with E-state index < -0.39 is 17.7 Å². The molecule has 2 bridgehead atoms. The van der Waals surface area contributed by atoms with Crippen LogP contribution in [0.4, 0.5) is 9.59 Å². The third kappa shape index (κ3) is 5.28. The van der Waals surface area contributed by atoms with E-state index in [-0.39, 0.29) is 18.0 Å². The highest BCUT2D eigenvalue weighted by Crippen LogP contribution is 2.28. The van der Waals surface area contributed by atoms with Crippen LogP contribution in [-0.4, -0.2) is 107 Å². The number of rotatable bonds is 5. The average molecular weight is 413 g/mol. The van der Waals surface area contributed by atoms with Gasteiger partial charge in [-0.3, -0.25) is 19.7 Å². The second-order valence-electron chi connectivity index (χ2n) is 8.65. The Hall–Kier alpha value is -2.11. The van der Waals surface area contributed by atoms with Crippen molar-refractivity contribution in [1.82, 2.24) is 25.2 Å². The molecule has 4 amide bonds. The Bertz CT molecular complexity index is 631. The Morgan fingerprint density at radius 2 is 1.86 bits per heavy atom. The first kappa shape index (κ1) is 21.6. The van der Waals surface area contributed by atoms with Crippen LogP contribution in [-0.2, 0) is 14.4 Å². The van der Waals surface area contributed by atoms with Gasteiger partial charge in [0.15, 0.2) is 0 Å². The molecule has 0 aliphatic carbocycles. The number of hydroxylamine groups is 3. The van der Waals surface area contributed by atoms with Crippen LogP contribution < -0.4 is 5.48 Å². The number of fused-ring (bicyclic) bond motifs is 2. The number of amides is 4. The Kier molecular flexibility index (Phi) is 6.49. The van der Waals surface area contributed by atoms with Crippen LogP contribution in [0.1, 0.15) is 33.6 Å². The van der Waals surface area contributed by atoms with Gasteiger partial charge in [-0.1, -0.05) is 0 Å². The van der Waals surface area contributed by atoms with E-state index in [2.05, 4.69) is 10.4 Å². The smallest absolute Gasteiger partial charge is 0.410 e. The molecule has 0 spiro atoms. The van der Waals surface area contributed by atoms with E-state index in [1.165, 1.54) is 4.90 Å². The minimum atomic E-state index is -0.617. The number of carbonyl (C=O) groups is 3. The van der Waals surface area contributed by atoms with Crippen LogP contribution in [0.25, 0.3) is 0 Å². The topological polar surface area (TPSA) is 115 Å². The summed E-state index contributed by atoms with van der Waals surface area (Å²) in [4.78, 5) is 46.8. The molecule has 3 saturated heterocycles. The molecule has 11 heteroatoms. The van der Waals surface area contributed by atoms with Gasteiger partial charge in [0.1, 0.15) is 11.6 Å². The van der Waals surface area contributed by atoms with Crippen molar-refractivity contribution in [3.63, 3.8) is 0 Å². The van der Waals surface area contributed by atoms with Crippen molar-refractivity contribution in [2.75, 3.05) is 45.9 Å². The van der Waals surface area contributed by atoms with Gasteiger partial charge in [0, 0.05) is 39.3 Å². The average Bonchev–Trinajstić information content (AvgIpc) is 2.88. The molecule has 11 nitrogen and oxygen atoms in total. The van der Waals surface area contributed by atoms with Crippen LogP contribution in [0.5, 0.6) is 0 Å². The number of carbonyl (C=O) groups excluding carboxylic acids is 3. The molecular formula is C18H31N5O6. The lowest BCUT2D eigenvalue weighted by Gasteiger charge is -2.35. The number of nitrogens with zero attached hydrogens (tertiary/aromatic N) is 4. The highest BCUT2D eigenvalue weighted by Gasteiger charge is 2.46. The number of ether oxygens (including phenoxy) is 1. The van der Waals surface area contributed by atoms with E-state index in [0.717, 1.165) is 0 Å². The fourth-order valence-electron chi connectivity index (χ4n) is 3.77. The summed E-state index contributed by atoms with van der Waals surface area (Å²) in [6.07, 6.45) is 0.780. The van der Waals surface area contributed by atoms with Crippen molar-refractivity contribution in [3.8, 4) is 0 Å². The second kappa shape index (κ2) is 8.72. The summed E-state index contributed by atoms with van der Waals surface area (Å²) in [6, 6.07) is -1.38. The summed E-state index contributed by atoms with van der Waals surface area (Å²) in [6.45, 7) is 9.38. The first-order valence-corrected chi connectivity index (χ1v) is 10.1. The van der Waals surface area contributed by atoms with E-state index in [1.807, 2.05) is 20.8 Å². The van der Waals surface area contributed by atoms with Gasteiger partial charge in [-0.2, -0.15) is 0 Å². The summed E-state index contributed by atoms with van der Waals surface area (Å²) in [5.41, 5.74) is 1.91. The van der Waals surface area contributed by atoms with Gasteiger partial charge in [-0.15, -0.1) is 0 Å². The number of hydrogen-bond acceptors (Lipinski definition) is 7. The molecule has 164 valence electrons. The molecule has 3 fully saturated rings. The number of piperidine rings is 1. The zero-order valence-electron chi connectivity index (χ0n) is 17.3. The summed E-state index contributed by atoms with van der Waals surface area (Å²) < 4.78 is 5.38. The van der Waals surface area contributed by atoms with E-state index in [1.54, 1.807) is 4.90 Å². The van der Waals surface area contributed by atoms with Gasteiger partial charge in [0.25, 0.3) is 5.91 Å². The predicted octanol–water partition coefficient (Wildman–Crippen LogP) is 0.245. The van der Waals surface area contributed by atoms with E-state index in [9.17, 15) is 19.6 Å². The van der Waals surface area contributed by atoms with Crippen molar-refractivity contribution in [2.45, 2.75) is 51.3 Å². The number of nitrogens with one attached hydrogen (secondary N) is 1. The van der Waals surface area contributed by atoms with Crippen LogP contribution in [0, 0.1) is 0 Å². The summed E-state index contributed by atoms with van der Waals surface area (Å²) in [5, 5.41) is 10.4. The van der Waals surface area contributed by atoms with Gasteiger partial charge in [0.2, 0.25) is 0 Å². The molecule has 0 aromatic heterocycles. The first-order chi connectivity index (χ1) is 13.7. The van der Waals surface area contributed by atoms with Crippen molar-refractivity contribution >= 4 is 18.0 Å². The normalized spacial score (nSPS) is 25.4. The quantitative estimate of drug-likeness (QED) is 0.377. The lowest BCUT2D eigenvalue weighted by atomic mass is 10.0. The lowest BCUT2D eigenvalue weighted by molar-refractivity contribution is -0.139. The number of hydrogen-bond donors (Lipinski definition) is 2. The minimum absolute atomic E-state index is 0.230. The molecule has 3 aliphatic heterocycles. The Labute approximate surface area is 170 Å². The number of urea groups is 1. The SMILES string of the molecule is CC(C)(C)OC(=O)N1CCN(CCONC(=O)[C@@H]2CC[C@@H]3CN2C(=O)N3O)CC1. The monoisotopic (exact) mass is 413 g/mol. The Balaban J connectivity index is 1.32. The highest BCUT2D eigenvalue weighted by molar-refractivity contribution is 5.87. The fraction of sp³-hybridized carbons (Fsp3) is 0.833. The Morgan fingerprint density at radius 1 is 1.17 bits per heavy atom. The molecule has 0 radical (unpaired) electrons. The van der Waals surface area contributed by atoms with Crippen molar-refractivity contribution in [2.24, 2.45) is 0 Å². The maximum Gasteiger partial charge on any atom is 0.410 e. The summed E-state index contributed by atoms with van der Waals surface area (Å²) in [5.74, 6) is -0.373. The molecule has 0 saturated carbocycles. The molecule has 3 heterocycles. The van der Waals surface area contributed by atoms with E-state index in [0.29, 0.717) is 63.8 Å². The van der Waals surface area contributed by atoms with Crippen molar-refractivity contribution in [1.29, 1.82) is 0 Å². The van der Waals surface area contributed by atoms with Gasteiger partial charge in [-0.25, -0.2) is 20.1 Å². The Morgan fingerprint density at radius 3 is 2.52 bits per heavy atom. The molecular weight excluding hydrogens is 382 g/mol. The van der Waals surface area contributed by atoms with E-state index in [4.69, 9.17) is 9.57 Å². The molecule has 3 aliphatic rings. The lowest BCUT2D eigenvalue weighted by Crippen LogP contribution is -2.51. The van der Waals surface area contributed by atoms with Gasteiger partial charge >= 0.3 is 12.1 Å². The number of piperazine rings is 1. The summed E-state index contributed by atoms with van der Waals surface area (Å²) in [7, 11) is 0. The second-order valence-corrected chi connectivity index (χ2v) is 8.65. The third-order valence-electron chi connectivity index (χ3n) is 5.35. The van der Waals surface area contributed by atoms with Crippen molar-refractivity contribution < 1.29 is 29.2 Å². The van der Waals surface area contributed by atoms with Gasteiger partial charge in [-0.05, 0) is 33.6 Å².